The molecule has 0 atom stereocenters. The predicted octanol–water partition coefficient (Wildman–Crippen LogP) is 4.97. The third kappa shape index (κ3) is 5.42. The summed E-state index contributed by atoms with van der Waals surface area (Å²) in [6.45, 7) is 7.15. The number of primary amides is 1. The van der Waals surface area contributed by atoms with Gasteiger partial charge < -0.3 is 16.2 Å². The van der Waals surface area contributed by atoms with Gasteiger partial charge in [0.05, 0.1) is 5.56 Å². The lowest BCUT2D eigenvalue weighted by Gasteiger charge is -2.26. The molecule has 1 saturated heterocycles. The number of carbonyl (C=O) groups excluding carboxylic acids is 2. The summed E-state index contributed by atoms with van der Waals surface area (Å²) in [6, 6.07) is 12.3. The number of benzene rings is 2. The zero-order valence-electron chi connectivity index (χ0n) is 18.0. The number of thiophene rings is 1. The molecule has 6 nitrogen and oxygen atoms in total. The number of phenolic OH excluding ortho intramolecular Hbond substituents is 1. The number of phenols is 1. The smallest absolute Gasteiger partial charge is 0.256 e. The van der Waals surface area contributed by atoms with E-state index < -0.39 is 5.91 Å². The molecule has 2 heterocycles. The van der Waals surface area contributed by atoms with E-state index in [9.17, 15) is 14.7 Å². The second-order valence-electron chi connectivity index (χ2n) is 7.34. The average molecular weight is 440 g/mol. The SMILES string of the molecule is CC.NC(=O)c1c(NC(=O)c2ccc(CN3CCCCC3)cc2)sc2ccc(O)cc12. The highest BCUT2D eigenvalue weighted by atomic mass is 32.1. The Morgan fingerprint density at radius 3 is 2.39 bits per heavy atom. The summed E-state index contributed by atoms with van der Waals surface area (Å²) in [7, 11) is 0. The van der Waals surface area contributed by atoms with Gasteiger partial charge in [-0.1, -0.05) is 32.4 Å². The normalized spacial score (nSPS) is 14.0. The molecule has 0 unspecified atom stereocenters. The number of hydrogen-bond donors (Lipinski definition) is 3. The summed E-state index contributed by atoms with van der Waals surface area (Å²) < 4.78 is 0.767. The molecule has 0 spiro atoms. The van der Waals surface area contributed by atoms with Crippen LogP contribution in [0.2, 0.25) is 0 Å². The van der Waals surface area contributed by atoms with Gasteiger partial charge in [-0.2, -0.15) is 0 Å². The zero-order chi connectivity index (χ0) is 22.4. The first kappa shape index (κ1) is 22.8. The second kappa shape index (κ2) is 10.4. The lowest BCUT2D eigenvalue weighted by atomic mass is 10.1. The highest BCUT2D eigenvalue weighted by molar-refractivity contribution is 7.23. The van der Waals surface area contributed by atoms with Gasteiger partial charge in [0.15, 0.2) is 0 Å². The number of rotatable bonds is 5. The van der Waals surface area contributed by atoms with E-state index in [1.54, 1.807) is 18.2 Å². The van der Waals surface area contributed by atoms with Crippen molar-refractivity contribution in [3.05, 3.63) is 59.2 Å². The quantitative estimate of drug-likeness (QED) is 0.523. The van der Waals surface area contributed by atoms with Crippen LogP contribution in [0, 0.1) is 0 Å². The van der Waals surface area contributed by atoms with Crippen LogP contribution in [0.3, 0.4) is 0 Å². The molecular formula is C24H29N3O3S. The summed E-state index contributed by atoms with van der Waals surface area (Å²) >= 11 is 1.26. The molecule has 3 aromatic rings. The van der Waals surface area contributed by atoms with Crippen LogP contribution in [0.25, 0.3) is 10.1 Å². The number of nitrogens with one attached hydrogen (secondary N) is 1. The molecule has 4 N–H and O–H groups in total. The Morgan fingerprint density at radius 2 is 1.74 bits per heavy atom. The number of nitrogens with zero attached hydrogens (tertiary/aromatic N) is 1. The Morgan fingerprint density at radius 1 is 1.06 bits per heavy atom. The first-order chi connectivity index (χ1) is 15.0. The molecule has 0 radical (unpaired) electrons. The van der Waals surface area contributed by atoms with Gasteiger partial charge in [0.25, 0.3) is 11.8 Å². The molecule has 1 aliphatic rings. The van der Waals surface area contributed by atoms with Crippen molar-refractivity contribution >= 4 is 38.2 Å². The fourth-order valence-corrected chi connectivity index (χ4v) is 4.81. The van der Waals surface area contributed by atoms with E-state index in [4.69, 9.17) is 5.73 Å². The number of likely N-dealkylation sites (tertiary alicyclic amines) is 1. The predicted molar refractivity (Wildman–Crippen MR) is 127 cm³/mol. The zero-order valence-corrected chi connectivity index (χ0v) is 18.8. The molecule has 31 heavy (non-hydrogen) atoms. The van der Waals surface area contributed by atoms with E-state index >= 15 is 0 Å². The fraction of sp³-hybridized carbons (Fsp3) is 0.333. The van der Waals surface area contributed by atoms with Gasteiger partial charge in [0.2, 0.25) is 0 Å². The third-order valence-corrected chi connectivity index (χ3v) is 6.30. The number of hydrogen-bond acceptors (Lipinski definition) is 5. The number of nitrogens with two attached hydrogens (primary N) is 1. The van der Waals surface area contributed by atoms with Crippen molar-refractivity contribution in [3.63, 3.8) is 0 Å². The maximum absolute atomic E-state index is 12.7. The van der Waals surface area contributed by atoms with Crippen LogP contribution in [-0.4, -0.2) is 34.9 Å². The van der Waals surface area contributed by atoms with Crippen molar-refractivity contribution < 1.29 is 14.7 Å². The van der Waals surface area contributed by atoms with Crippen LogP contribution in [0.15, 0.2) is 42.5 Å². The first-order valence-corrected chi connectivity index (χ1v) is 11.5. The lowest BCUT2D eigenvalue weighted by molar-refractivity contribution is 0.100. The van der Waals surface area contributed by atoms with Crippen LogP contribution < -0.4 is 11.1 Å². The van der Waals surface area contributed by atoms with E-state index in [0.29, 0.717) is 16.0 Å². The van der Waals surface area contributed by atoms with Crippen LogP contribution in [0.4, 0.5) is 5.00 Å². The summed E-state index contributed by atoms with van der Waals surface area (Å²) in [6.07, 6.45) is 3.80. The maximum Gasteiger partial charge on any atom is 0.256 e. The van der Waals surface area contributed by atoms with Gasteiger partial charge in [-0.15, -0.1) is 11.3 Å². The minimum Gasteiger partial charge on any atom is -0.508 e. The van der Waals surface area contributed by atoms with Crippen LogP contribution in [0.1, 0.15) is 59.4 Å². The van der Waals surface area contributed by atoms with Gasteiger partial charge in [0.1, 0.15) is 10.8 Å². The van der Waals surface area contributed by atoms with Crippen LogP contribution in [-0.2, 0) is 6.54 Å². The Labute approximate surface area is 186 Å². The second-order valence-corrected chi connectivity index (χ2v) is 8.39. The standard InChI is InChI=1S/C22H23N3O3S.C2H6/c23-20(27)19-17-12-16(26)8-9-18(17)29-22(19)24-21(28)15-6-4-14(5-7-15)13-25-10-2-1-3-11-25;1-2/h4-9,12,26H,1-3,10-11,13H2,(H2,23,27)(H,24,28);1-2H3. The van der Waals surface area contributed by atoms with Crippen molar-refractivity contribution in [2.45, 2.75) is 39.7 Å². The van der Waals surface area contributed by atoms with Gasteiger partial charge in [-0.3, -0.25) is 14.5 Å². The van der Waals surface area contributed by atoms with Crippen LogP contribution >= 0.6 is 11.3 Å². The maximum atomic E-state index is 12.7. The molecule has 164 valence electrons. The number of fused-ring (bicyclic) bond motifs is 1. The summed E-state index contributed by atoms with van der Waals surface area (Å²) in [5.74, 6) is -0.901. The van der Waals surface area contributed by atoms with Crippen molar-refractivity contribution in [1.82, 2.24) is 4.90 Å². The molecule has 2 aromatic carbocycles. The Hall–Kier alpha value is -2.90. The largest absolute Gasteiger partial charge is 0.508 e. The molecule has 7 heteroatoms. The van der Waals surface area contributed by atoms with Gasteiger partial charge >= 0.3 is 0 Å². The van der Waals surface area contributed by atoms with Gasteiger partial charge in [-0.05, 0) is 61.8 Å². The number of amides is 2. The van der Waals surface area contributed by atoms with Gasteiger partial charge in [-0.25, -0.2) is 0 Å². The van der Waals surface area contributed by atoms with Crippen molar-refractivity contribution in [1.29, 1.82) is 0 Å². The van der Waals surface area contributed by atoms with E-state index in [1.165, 1.54) is 48.3 Å². The molecule has 0 saturated carbocycles. The third-order valence-electron chi connectivity index (χ3n) is 5.22. The number of carbonyl (C=O) groups is 2. The summed E-state index contributed by atoms with van der Waals surface area (Å²) in [5, 5.41) is 13.4. The van der Waals surface area contributed by atoms with E-state index in [0.717, 1.165) is 24.3 Å². The average Bonchev–Trinajstić information content (AvgIpc) is 3.13. The fourth-order valence-electron chi connectivity index (χ4n) is 3.73. The molecule has 1 fully saturated rings. The topological polar surface area (TPSA) is 95.7 Å². The summed E-state index contributed by atoms with van der Waals surface area (Å²) in [4.78, 5) is 27.1. The molecular weight excluding hydrogens is 410 g/mol. The molecule has 2 amide bonds. The highest BCUT2D eigenvalue weighted by Crippen LogP contribution is 2.37. The van der Waals surface area contributed by atoms with E-state index in [-0.39, 0.29) is 17.2 Å². The first-order valence-electron chi connectivity index (χ1n) is 10.7. The number of piperidine rings is 1. The Balaban J connectivity index is 0.00000132. The molecule has 1 aromatic heterocycles. The molecule has 4 rings (SSSR count). The molecule has 0 bridgehead atoms. The van der Waals surface area contributed by atoms with Gasteiger partial charge in [0, 0.05) is 22.2 Å². The Bertz CT molecular complexity index is 1050. The van der Waals surface area contributed by atoms with E-state index in [1.807, 2.05) is 26.0 Å². The number of anilines is 1. The monoisotopic (exact) mass is 439 g/mol. The lowest BCUT2D eigenvalue weighted by Crippen LogP contribution is -2.29. The highest BCUT2D eigenvalue weighted by Gasteiger charge is 2.20. The Kier molecular flexibility index (Phi) is 7.65. The minimum atomic E-state index is -0.644. The van der Waals surface area contributed by atoms with Crippen LogP contribution in [0.5, 0.6) is 5.75 Å². The molecule has 1 aliphatic heterocycles. The number of aromatic hydroxyl groups is 1. The van der Waals surface area contributed by atoms with Crippen molar-refractivity contribution in [2.24, 2.45) is 5.73 Å². The van der Waals surface area contributed by atoms with Crippen molar-refractivity contribution in [2.75, 3.05) is 18.4 Å². The minimum absolute atomic E-state index is 0.0416. The van der Waals surface area contributed by atoms with Crippen molar-refractivity contribution in [3.8, 4) is 5.75 Å². The molecule has 0 aliphatic carbocycles. The summed E-state index contributed by atoms with van der Waals surface area (Å²) in [5.41, 5.74) is 7.44. The van der Waals surface area contributed by atoms with E-state index in [2.05, 4.69) is 10.2 Å².